The second-order valence-electron chi connectivity index (χ2n) is 7.30. The molecule has 3 aromatic rings. The van der Waals surface area contributed by atoms with E-state index in [2.05, 4.69) is 4.98 Å². The highest BCUT2D eigenvalue weighted by molar-refractivity contribution is 5.79. The lowest BCUT2D eigenvalue weighted by atomic mass is 10.0. The molecule has 146 valence electrons. The molecular formula is C22H24N2O4. The fourth-order valence-corrected chi connectivity index (χ4v) is 3.62. The Hall–Kier alpha value is -2.86. The van der Waals surface area contributed by atoms with Crippen LogP contribution < -0.4 is 15.7 Å². The number of aromatic nitrogens is 2. The number of aromatic amines is 1. The van der Waals surface area contributed by atoms with Crippen LogP contribution >= 0.6 is 0 Å². The van der Waals surface area contributed by atoms with E-state index in [1.54, 1.807) is 23.8 Å². The van der Waals surface area contributed by atoms with Gasteiger partial charge in [0.05, 0.1) is 5.69 Å². The largest absolute Gasteiger partial charge is 0.487 e. The molecule has 0 aliphatic carbocycles. The summed E-state index contributed by atoms with van der Waals surface area (Å²) < 4.78 is 12.9. The van der Waals surface area contributed by atoms with E-state index in [4.69, 9.17) is 9.47 Å². The number of ether oxygens (including phenoxy) is 2. The third-order valence-electron chi connectivity index (χ3n) is 5.40. The van der Waals surface area contributed by atoms with Gasteiger partial charge in [-0.15, -0.1) is 0 Å². The van der Waals surface area contributed by atoms with Crippen LogP contribution in [0.15, 0.2) is 52.2 Å². The molecule has 1 aromatic carbocycles. The van der Waals surface area contributed by atoms with Crippen molar-refractivity contribution in [3.05, 3.63) is 74.4 Å². The minimum Gasteiger partial charge on any atom is -0.487 e. The minimum absolute atomic E-state index is 0.000158. The van der Waals surface area contributed by atoms with Gasteiger partial charge in [-0.25, -0.2) is 0 Å². The molecule has 1 saturated heterocycles. The van der Waals surface area contributed by atoms with Gasteiger partial charge in [-0.2, -0.15) is 0 Å². The van der Waals surface area contributed by atoms with Crippen LogP contribution in [0.25, 0.3) is 10.9 Å². The zero-order valence-electron chi connectivity index (χ0n) is 15.9. The topological polar surface area (TPSA) is 73.3 Å². The summed E-state index contributed by atoms with van der Waals surface area (Å²) in [7, 11) is 0. The van der Waals surface area contributed by atoms with E-state index in [0.29, 0.717) is 29.2 Å². The van der Waals surface area contributed by atoms with Crippen LogP contribution in [0.1, 0.15) is 24.1 Å². The summed E-state index contributed by atoms with van der Waals surface area (Å²) >= 11 is 0. The molecule has 0 spiro atoms. The smallest absolute Gasteiger partial charge is 0.254 e. The average molecular weight is 380 g/mol. The number of hydrogen-bond acceptors (Lipinski definition) is 4. The molecule has 6 heteroatoms. The molecule has 2 aromatic heterocycles. The summed E-state index contributed by atoms with van der Waals surface area (Å²) in [4.78, 5) is 28.2. The lowest BCUT2D eigenvalue weighted by Gasteiger charge is -2.22. The number of rotatable bonds is 5. The van der Waals surface area contributed by atoms with Crippen molar-refractivity contribution in [2.75, 3.05) is 13.2 Å². The van der Waals surface area contributed by atoms with Crippen molar-refractivity contribution in [2.45, 2.75) is 32.9 Å². The van der Waals surface area contributed by atoms with Crippen molar-refractivity contribution in [3.8, 4) is 5.75 Å². The summed E-state index contributed by atoms with van der Waals surface area (Å²) in [6, 6.07) is 10.7. The fourth-order valence-electron chi connectivity index (χ4n) is 3.62. The van der Waals surface area contributed by atoms with Gasteiger partial charge in [0.2, 0.25) is 0 Å². The van der Waals surface area contributed by atoms with E-state index in [-0.39, 0.29) is 17.6 Å². The highest BCUT2D eigenvalue weighted by Crippen LogP contribution is 2.17. The monoisotopic (exact) mass is 380 g/mol. The maximum absolute atomic E-state index is 12.5. The molecular weight excluding hydrogens is 356 g/mol. The van der Waals surface area contributed by atoms with Crippen molar-refractivity contribution < 1.29 is 9.47 Å². The van der Waals surface area contributed by atoms with Gasteiger partial charge in [-0.1, -0.05) is 12.1 Å². The molecule has 0 atom stereocenters. The van der Waals surface area contributed by atoms with Gasteiger partial charge in [-0.05, 0) is 43.9 Å². The average Bonchev–Trinajstić information content (AvgIpc) is 2.72. The number of hydrogen-bond donors (Lipinski definition) is 1. The van der Waals surface area contributed by atoms with Crippen molar-refractivity contribution in [1.82, 2.24) is 9.55 Å². The molecule has 28 heavy (non-hydrogen) atoms. The normalized spacial score (nSPS) is 15.0. The zero-order chi connectivity index (χ0) is 19.5. The molecule has 6 nitrogen and oxygen atoms in total. The molecule has 0 radical (unpaired) electrons. The first kappa shape index (κ1) is 18.5. The minimum atomic E-state index is -0.0762. The molecule has 4 rings (SSSR count). The second-order valence-corrected chi connectivity index (χ2v) is 7.30. The lowest BCUT2D eigenvalue weighted by Crippen LogP contribution is -2.26. The quantitative estimate of drug-likeness (QED) is 0.738. The zero-order valence-corrected chi connectivity index (χ0v) is 15.9. The SMILES string of the molecule is Cc1c(COc2ccn(CC3CCOCC3)c(=O)c2)[nH]c2ccccc2c1=O. The Kier molecular flexibility index (Phi) is 5.30. The number of nitrogens with zero attached hydrogens (tertiary/aromatic N) is 1. The predicted octanol–water partition coefficient (Wildman–Crippen LogP) is 3.00. The number of para-hydroxylation sites is 1. The van der Waals surface area contributed by atoms with Gasteiger partial charge < -0.3 is 19.0 Å². The standard InChI is InChI=1S/C22H24N2O4/c1-15-20(23-19-5-3-2-4-18(19)22(15)26)14-28-17-6-9-24(21(25)12-17)13-16-7-10-27-11-8-16/h2-6,9,12,16H,7-8,10-11,13-14H2,1H3,(H,23,26). The first-order valence-electron chi connectivity index (χ1n) is 9.63. The van der Waals surface area contributed by atoms with Gasteiger partial charge in [0.1, 0.15) is 12.4 Å². The van der Waals surface area contributed by atoms with Gasteiger partial charge in [0.15, 0.2) is 5.43 Å². The maximum atomic E-state index is 12.5. The van der Waals surface area contributed by atoms with Gasteiger partial charge >= 0.3 is 0 Å². The Morgan fingerprint density at radius 1 is 1.18 bits per heavy atom. The molecule has 0 saturated carbocycles. The van der Waals surface area contributed by atoms with E-state index in [1.165, 1.54) is 6.07 Å². The Bertz CT molecular complexity index is 1090. The van der Waals surface area contributed by atoms with Crippen LogP contribution in [0.5, 0.6) is 5.75 Å². The van der Waals surface area contributed by atoms with E-state index in [9.17, 15) is 9.59 Å². The lowest BCUT2D eigenvalue weighted by molar-refractivity contribution is 0.0609. The summed E-state index contributed by atoms with van der Waals surface area (Å²) in [6.07, 6.45) is 3.75. The van der Waals surface area contributed by atoms with E-state index in [1.807, 2.05) is 24.3 Å². The van der Waals surface area contributed by atoms with E-state index in [0.717, 1.165) is 37.3 Å². The Morgan fingerprint density at radius 2 is 1.96 bits per heavy atom. The van der Waals surface area contributed by atoms with Crippen molar-refractivity contribution in [2.24, 2.45) is 5.92 Å². The molecule has 0 unspecified atom stereocenters. The Labute approximate surface area is 162 Å². The second kappa shape index (κ2) is 8.02. The highest BCUT2D eigenvalue weighted by atomic mass is 16.5. The maximum Gasteiger partial charge on any atom is 0.254 e. The van der Waals surface area contributed by atoms with E-state index >= 15 is 0 Å². The summed E-state index contributed by atoms with van der Waals surface area (Å²) in [6.45, 7) is 4.23. The summed E-state index contributed by atoms with van der Waals surface area (Å²) in [5.41, 5.74) is 2.05. The number of pyridine rings is 2. The van der Waals surface area contributed by atoms with Crippen LogP contribution in [0.4, 0.5) is 0 Å². The van der Waals surface area contributed by atoms with Crippen LogP contribution in [0.3, 0.4) is 0 Å². The van der Waals surface area contributed by atoms with Crippen LogP contribution in [-0.4, -0.2) is 22.8 Å². The van der Waals surface area contributed by atoms with Gasteiger partial charge in [0, 0.05) is 48.5 Å². The number of benzene rings is 1. The Morgan fingerprint density at radius 3 is 2.75 bits per heavy atom. The van der Waals surface area contributed by atoms with Crippen molar-refractivity contribution in [1.29, 1.82) is 0 Å². The molecule has 0 amide bonds. The first-order valence-corrected chi connectivity index (χ1v) is 9.63. The highest BCUT2D eigenvalue weighted by Gasteiger charge is 2.15. The van der Waals surface area contributed by atoms with Crippen molar-refractivity contribution >= 4 is 10.9 Å². The van der Waals surface area contributed by atoms with Crippen LogP contribution in [0, 0.1) is 12.8 Å². The predicted molar refractivity (Wildman–Crippen MR) is 108 cm³/mol. The third-order valence-corrected chi connectivity index (χ3v) is 5.40. The Balaban J connectivity index is 1.48. The number of fused-ring (bicyclic) bond motifs is 1. The van der Waals surface area contributed by atoms with Crippen molar-refractivity contribution in [3.63, 3.8) is 0 Å². The van der Waals surface area contributed by atoms with Crippen LogP contribution in [0.2, 0.25) is 0 Å². The summed E-state index contributed by atoms with van der Waals surface area (Å²) in [5, 5.41) is 0.666. The number of nitrogens with one attached hydrogen (secondary N) is 1. The van der Waals surface area contributed by atoms with E-state index < -0.39 is 0 Å². The first-order chi connectivity index (χ1) is 13.6. The molecule has 3 heterocycles. The molecule has 0 bridgehead atoms. The summed E-state index contributed by atoms with van der Waals surface area (Å²) in [5.74, 6) is 0.977. The molecule has 1 aliphatic rings. The van der Waals surface area contributed by atoms with Gasteiger partial charge in [0.25, 0.3) is 5.56 Å². The molecule has 1 aliphatic heterocycles. The fraction of sp³-hybridized carbons (Fsp3) is 0.364. The van der Waals surface area contributed by atoms with Crippen LogP contribution in [-0.2, 0) is 17.9 Å². The number of H-pyrrole nitrogens is 1. The third kappa shape index (κ3) is 3.87. The molecule has 1 N–H and O–H groups in total. The van der Waals surface area contributed by atoms with Gasteiger partial charge in [-0.3, -0.25) is 9.59 Å². The molecule has 1 fully saturated rings.